The summed E-state index contributed by atoms with van der Waals surface area (Å²) in [6.45, 7) is 12.0. The van der Waals surface area contributed by atoms with E-state index in [4.69, 9.17) is 18.5 Å². The van der Waals surface area contributed by atoms with Crippen molar-refractivity contribution in [2.45, 2.75) is 75.7 Å². The van der Waals surface area contributed by atoms with Gasteiger partial charge < -0.3 is 19.1 Å². The van der Waals surface area contributed by atoms with Crippen LogP contribution in [0.3, 0.4) is 0 Å². The zero-order valence-electron chi connectivity index (χ0n) is 26.8. The van der Waals surface area contributed by atoms with Gasteiger partial charge in [0.2, 0.25) is 5.54 Å². The number of methoxy groups -OCH3 is 2. The molecule has 8 heteroatoms. The van der Waals surface area contributed by atoms with Gasteiger partial charge in [0.15, 0.2) is 9.03 Å². The molecule has 44 heavy (non-hydrogen) atoms. The van der Waals surface area contributed by atoms with Crippen LogP contribution in [-0.2, 0) is 23.9 Å². The molecule has 0 heterocycles. The summed E-state index contributed by atoms with van der Waals surface area (Å²) < 4.78 is 25.0. The van der Waals surface area contributed by atoms with E-state index < -0.39 is 32.1 Å². The molecule has 0 aliphatic carbocycles. The van der Waals surface area contributed by atoms with Crippen molar-refractivity contribution in [2.75, 3.05) is 20.8 Å². The van der Waals surface area contributed by atoms with E-state index in [1.165, 1.54) is 14.2 Å². The van der Waals surface area contributed by atoms with E-state index in [2.05, 4.69) is 45.2 Å². The van der Waals surface area contributed by atoms with Crippen LogP contribution in [-0.4, -0.2) is 60.5 Å². The van der Waals surface area contributed by atoms with Crippen LogP contribution < -0.4 is 0 Å². The lowest BCUT2D eigenvalue weighted by atomic mass is 9.55. The molecule has 3 rings (SSSR count). The molecule has 0 saturated heterocycles. The van der Waals surface area contributed by atoms with E-state index in [9.17, 15) is 10.4 Å². The van der Waals surface area contributed by atoms with E-state index in [0.29, 0.717) is 12.8 Å². The third-order valence-corrected chi connectivity index (χ3v) is 8.66. The molecule has 0 aliphatic heterocycles. The van der Waals surface area contributed by atoms with E-state index in [1.807, 2.05) is 91.0 Å². The van der Waals surface area contributed by atoms with Crippen LogP contribution in [0.1, 0.15) is 57.2 Å². The fourth-order valence-corrected chi connectivity index (χ4v) is 7.24. The molecule has 0 saturated carbocycles. The van der Waals surface area contributed by atoms with Crippen LogP contribution in [0, 0.1) is 11.3 Å². The first kappa shape index (κ1) is 35.6. The van der Waals surface area contributed by atoms with Crippen LogP contribution in [0.5, 0.6) is 0 Å². The molecular weight excluding hydrogens is 571 g/mol. The number of hydrogen-bond acceptors (Lipinski definition) is 7. The maximum absolute atomic E-state index is 11.9. The third-order valence-electron chi connectivity index (χ3n) is 8.02. The average molecular weight is 619 g/mol. The Balaban J connectivity index is 2.48. The van der Waals surface area contributed by atoms with Crippen LogP contribution in [0.15, 0.2) is 104 Å². The van der Waals surface area contributed by atoms with Gasteiger partial charge in [-0.15, -0.1) is 6.58 Å². The average Bonchev–Trinajstić information content (AvgIpc) is 3.05. The van der Waals surface area contributed by atoms with Crippen molar-refractivity contribution in [3.8, 4) is 6.07 Å². The monoisotopic (exact) mass is 618 g/mol. The van der Waals surface area contributed by atoms with Gasteiger partial charge in [0, 0.05) is 26.3 Å². The molecular formula is C36H47N2O5P. The highest BCUT2D eigenvalue weighted by Crippen LogP contribution is 2.57. The number of aliphatic hydroxyl groups is 1. The van der Waals surface area contributed by atoms with Crippen molar-refractivity contribution in [2.24, 2.45) is 0 Å². The standard InChI is InChI=1S/C36H47N2O5P/c1-8-9-25-33(39)26-42-44-43-36(40-6,41-7)34(27-37,38(28(2)3)29(4)5)35(30-19-13-10-14-20-30,31-21-15-11-16-22-31)32-23-17-12-18-24-32/h8,10-24,28-29,33,39,44H,1,9,25-26H2,2-7H3. The van der Waals surface area contributed by atoms with Gasteiger partial charge in [-0.25, -0.2) is 0 Å². The lowest BCUT2D eigenvalue weighted by Gasteiger charge is -2.60. The number of nitriles is 1. The van der Waals surface area contributed by atoms with Crippen molar-refractivity contribution < 1.29 is 23.6 Å². The maximum atomic E-state index is 11.9. The molecule has 7 nitrogen and oxygen atoms in total. The second kappa shape index (κ2) is 16.4. The highest BCUT2D eigenvalue weighted by atomic mass is 31.1. The smallest absolute Gasteiger partial charge is 0.322 e. The minimum atomic E-state index is -1.98. The summed E-state index contributed by atoms with van der Waals surface area (Å²) in [7, 11) is 2.37. The summed E-state index contributed by atoms with van der Waals surface area (Å²) in [6.07, 6.45) is 2.25. The lowest BCUT2D eigenvalue weighted by molar-refractivity contribution is -0.378. The number of ether oxygens (including phenoxy) is 2. The van der Waals surface area contributed by atoms with Crippen molar-refractivity contribution >= 4 is 9.03 Å². The Bertz CT molecular complexity index is 1210. The van der Waals surface area contributed by atoms with Gasteiger partial charge in [-0.3, -0.25) is 9.42 Å². The molecule has 3 aromatic carbocycles. The molecule has 236 valence electrons. The van der Waals surface area contributed by atoms with Crippen LogP contribution in [0.4, 0.5) is 0 Å². The summed E-state index contributed by atoms with van der Waals surface area (Å²) in [5.74, 6) is -1.98. The first-order valence-electron chi connectivity index (χ1n) is 15.0. The number of aliphatic hydroxyl groups excluding tert-OH is 1. The highest BCUT2D eigenvalue weighted by Gasteiger charge is 2.73. The van der Waals surface area contributed by atoms with Crippen molar-refractivity contribution in [3.63, 3.8) is 0 Å². The first-order valence-corrected chi connectivity index (χ1v) is 15.8. The molecule has 0 fully saturated rings. The highest BCUT2D eigenvalue weighted by molar-refractivity contribution is 7.26. The minimum absolute atomic E-state index is 0.0502. The summed E-state index contributed by atoms with van der Waals surface area (Å²) in [6, 6.07) is 32.4. The Kier molecular flexibility index (Phi) is 13.3. The number of hydrogen-bond donors (Lipinski definition) is 1. The largest absolute Gasteiger partial charge is 0.391 e. The number of rotatable bonds is 18. The quantitative estimate of drug-likeness (QED) is 0.0530. The van der Waals surface area contributed by atoms with E-state index in [-0.39, 0.29) is 18.7 Å². The van der Waals surface area contributed by atoms with Gasteiger partial charge in [-0.1, -0.05) is 97.1 Å². The predicted octanol–water partition coefficient (Wildman–Crippen LogP) is 7.22. The van der Waals surface area contributed by atoms with Gasteiger partial charge in [0.1, 0.15) is 0 Å². The Morgan fingerprint density at radius 1 is 0.841 bits per heavy atom. The van der Waals surface area contributed by atoms with E-state index in [1.54, 1.807) is 6.08 Å². The molecule has 0 bridgehead atoms. The van der Waals surface area contributed by atoms with E-state index in [0.717, 1.165) is 16.7 Å². The van der Waals surface area contributed by atoms with Crippen LogP contribution >= 0.6 is 9.03 Å². The molecule has 0 amide bonds. The summed E-state index contributed by atoms with van der Waals surface area (Å²) in [5.41, 5.74) is -0.349. The van der Waals surface area contributed by atoms with Crippen LogP contribution in [0.25, 0.3) is 0 Å². The Hall–Kier alpha value is -2.92. The van der Waals surface area contributed by atoms with Crippen molar-refractivity contribution in [1.29, 1.82) is 5.26 Å². The topological polar surface area (TPSA) is 84.2 Å². The molecule has 1 N–H and O–H groups in total. The molecule has 0 radical (unpaired) electrons. The maximum Gasteiger partial charge on any atom is 0.322 e. The Labute approximate surface area is 265 Å². The second-order valence-corrected chi connectivity index (χ2v) is 11.9. The molecule has 0 aliphatic rings. The molecule has 0 aromatic heterocycles. The first-order chi connectivity index (χ1) is 21.2. The van der Waals surface area contributed by atoms with Crippen LogP contribution in [0.2, 0.25) is 0 Å². The summed E-state index contributed by atoms with van der Waals surface area (Å²) >= 11 is 0. The molecule has 3 unspecified atom stereocenters. The van der Waals surface area contributed by atoms with Gasteiger partial charge in [0.25, 0.3) is 0 Å². The van der Waals surface area contributed by atoms with E-state index >= 15 is 0 Å². The summed E-state index contributed by atoms with van der Waals surface area (Å²) in [4.78, 5) is 2.12. The summed E-state index contributed by atoms with van der Waals surface area (Å²) in [5, 5.41) is 22.3. The Morgan fingerprint density at radius 2 is 1.27 bits per heavy atom. The number of nitrogens with zero attached hydrogens (tertiary/aromatic N) is 2. The van der Waals surface area contributed by atoms with Gasteiger partial charge in [-0.2, -0.15) is 5.26 Å². The molecule has 3 atom stereocenters. The molecule has 3 aromatic rings. The normalized spacial score (nSPS) is 14.7. The second-order valence-electron chi connectivity index (χ2n) is 11.2. The predicted molar refractivity (Wildman–Crippen MR) is 177 cm³/mol. The third kappa shape index (κ3) is 6.68. The van der Waals surface area contributed by atoms with Gasteiger partial charge in [0.05, 0.1) is 24.2 Å². The van der Waals surface area contributed by atoms with Crippen molar-refractivity contribution in [3.05, 3.63) is 120 Å². The SMILES string of the molecule is C=CCCC(O)COPOC(OC)(OC)C(C#N)(N(C(C)C)C(C)C)C(c1ccccc1)(c1ccccc1)c1ccccc1. The van der Waals surface area contributed by atoms with Gasteiger partial charge >= 0.3 is 5.97 Å². The fraction of sp³-hybridized carbons (Fsp3) is 0.417. The number of benzene rings is 3. The zero-order valence-corrected chi connectivity index (χ0v) is 27.8. The minimum Gasteiger partial charge on any atom is -0.391 e. The lowest BCUT2D eigenvalue weighted by Crippen LogP contribution is -2.77. The van der Waals surface area contributed by atoms with Gasteiger partial charge in [-0.05, 0) is 57.2 Å². The molecule has 0 spiro atoms. The van der Waals surface area contributed by atoms with Crippen molar-refractivity contribution in [1.82, 2.24) is 4.90 Å². The Morgan fingerprint density at radius 3 is 1.61 bits per heavy atom. The zero-order chi connectivity index (χ0) is 32.2. The fourth-order valence-electron chi connectivity index (χ4n) is 6.50. The number of allylic oxidation sites excluding steroid dienone is 1.